The summed E-state index contributed by atoms with van der Waals surface area (Å²) < 4.78 is 1.68. The molecule has 0 atom stereocenters. The molecule has 0 unspecified atom stereocenters. The molecule has 0 spiro atoms. The van der Waals surface area contributed by atoms with Crippen molar-refractivity contribution in [2.24, 2.45) is 5.92 Å². The highest BCUT2D eigenvalue weighted by atomic mass is 32.1. The fourth-order valence-corrected chi connectivity index (χ4v) is 4.60. The first-order valence-corrected chi connectivity index (χ1v) is 10.8. The van der Waals surface area contributed by atoms with Crippen LogP contribution < -0.4 is 9.80 Å². The Kier molecular flexibility index (Phi) is 4.88. The van der Waals surface area contributed by atoms with Gasteiger partial charge in [-0.3, -0.25) is 9.69 Å². The van der Waals surface area contributed by atoms with Crippen LogP contribution in [0, 0.1) is 12.8 Å². The Bertz CT molecular complexity index is 1160. The number of amides is 1. The Balaban J connectivity index is 1.34. The van der Waals surface area contributed by atoms with E-state index in [0.717, 1.165) is 53.9 Å². The molecule has 30 heavy (non-hydrogen) atoms. The molecular formula is C21H21N7OS. The third-order valence-corrected chi connectivity index (χ3v) is 6.29. The van der Waals surface area contributed by atoms with Gasteiger partial charge in [0.1, 0.15) is 12.1 Å². The monoisotopic (exact) mass is 419 g/mol. The number of piperidine rings is 1. The predicted molar refractivity (Wildman–Crippen MR) is 116 cm³/mol. The Morgan fingerprint density at radius 3 is 2.67 bits per heavy atom. The minimum absolute atomic E-state index is 0.0516. The maximum atomic E-state index is 13.5. The molecule has 1 aliphatic heterocycles. The number of carbonyl (C=O) groups is 1. The normalized spacial score (nSPS) is 14.9. The number of hydrogen-bond donors (Lipinski definition) is 0. The third kappa shape index (κ3) is 3.52. The molecule has 3 aromatic heterocycles. The molecule has 1 amide bonds. The zero-order valence-corrected chi connectivity index (χ0v) is 17.4. The molecule has 1 saturated heterocycles. The number of aromatic nitrogens is 5. The van der Waals surface area contributed by atoms with Crippen molar-refractivity contribution in [1.29, 1.82) is 0 Å². The van der Waals surface area contributed by atoms with Crippen molar-refractivity contribution in [1.82, 2.24) is 24.8 Å². The first kappa shape index (κ1) is 18.7. The largest absolute Gasteiger partial charge is 0.355 e. The molecule has 1 aliphatic rings. The first-order chi connectivity index (χ1) is 14.7. The van der Waals surface area contributed by atoms with Gasteiger partial charge in [0.2, 0.25) is 5.91 Å². The van der Waals surface area contributed by atoms with E-state index in [0.29, 0.717) is 0 Å². The lowest BCUT2D eigenvalue weighted by Gasteiger charge is -2.34. The third-order valence-electron chi connectivity index (χ3n) is 5.35. The molecule has 152 valence electrons. The summed E-state index contributed by atoms with van der Waals surface area (Å²) in [5.74, 6) is 0.936. The second-order valence-corrected chi connectivity index (χ2v) is 8.20. The fraction of sp³-hybridized carbons (Fsp3) is 0.286. The van der Waals surface area contributed by atoms with Gasteiger partial charge in [-0.05, 0) is 44.0 Å². The second kappa shape index (κ2) is 7.83. The molecule has 1 aromatic carbocycles. The molecule has 1 fully saturated rings. The summed E-state index contributed by atoms with van der Waals surface area (Å²) in [4.78, 5) is 22.1. The number of nitrogens with zero attached hydrogens (tertiary/aromatic N) is 7. The number of benzene rings is 1. The SMILES string of the molecule is Cc1csc(N(C(=O)C2CCN(c3ccc4nncn4n3)CC2)c2ccccc2)n1. The molecular weight excluding hydrogens is 398 g/mol. The van der Waals surface area contributed by atoms with Gasteiger partial charge in [-0.1, -0.05) is 18.2 Å². The van der Waals surface area contributed by atoms with Crippen LogP contribution in [-0.2, 0) is 4.79 Å². The summed E-state index contributed by atoms with van der Waals surface area (Å²) in [5.41, 5.74) is 2.51. The zero-order valence-electron chi connectivity index (χ0n) is 16.5. The number of anilines is 3. The van der Waals surface area contributed by atoms with Crippen LogP contribution in [0.15, 0.2) is 54.2 Å². The smallest absolute Gasteiger partial charge is 0.236 e. The highest BCUT2D eigenvalue weighted by Crippen LogP contribution is 2.33. The molecule has 5 rings (SSSR count). The zero-order chi connectivity index (χ0) is 20.5. The Hall–Kier alpha value is -3.33. The fourth-order valence-electron chi connectivity index (χ4n) is 3.78. The van der Waals surface area contributed by atoms with Crippen molar-refractivity contribution in [2.45, 2.75) is 19.8 Å². The van der Waals surface area contributed by atoms with Crippen molar-refractivity contribution < 1.29 is 4.79 Å². The van der Waals surface area contributed by atoms with E-state index < -0.39 is 0 Å². The summed E-state index contributed by atoms with van der Waals surface area (Å²) in [6, 6.07) is 13.6. The summed E-state index contributed by atoms with van der Waals surface area (Å²) in [7, 11) is 0. The summed E-state index contributed by atoms with van der Waals surface area (Å²) in [6.45, 7) is 3.50. The van der Waals surface area contributed by atoms with Gasteiger partial charge < -0.3 is 4.90 Å². The molecule has 8 nitrogen and oxygen atoms in total. The molecule has 9 heteroatoms. The van der Waals surface area contributed by atoms with E-state index in [9.17, 15) is 4.79 Å². The van der Waals surface area contributed by atoms with E-state index in [-0.39, 0.29) is 11.8 Å². The van der Waals surface area contributed by atoms with E-state index in [4.69, 9.17) is 0 Å². The number of aryl methyl sites for hydroxylation is 1. The molecule has 0 bridgehead atoms. The van der Waals surface area contributed by atoms with Crippen LogP contribution in [0.3, 0.4) is 0 Å². The molecule has 0 N–H and O–H groups in total. The minimum atomic E-state index is -0.0516. The predicted octanol–water partition coefficient (Wildman–Crippen LogP) is 3.47. The highest BCUT2D eigenvalue weighted by molar-refractivity contribution is 7.14. The van der Waals surface area contributed by atoms with Crippen molar-refractivity contribution in [3.8, 4) is 0 Å². The molecule has 0 aliphatic carbocycles. The summed E-state index contributed by atoms with van der Waals surface area (Å²) in [5, 5.41) is 15.2. The first-order valence-electron chi connectivity index (χ1n) is 9.92. The molecule has 0 saturated carbocycles. The lowest BCUT2D eigenvalue weighted by Crippen LogP contribution is -2.41. The number of thiazole rings is 1. The van der Waals surface area contributed by atoms with E-state index >= 15 is 0 Å². The van der Waals surface area contributed by atoms with Crippen LogP contribution in [0.25, 0.3) is 5.65 Å². The quantitative estimate of drug-likeness (QED) is 0.504. The van der Waals surface area contributed by atoms with E-state index in [2.05, 4.69) is 25.2 Å². The summed E-state index contributed by atoms with van der Waals surface area (Å²) >= 11 is 1.50. The van der Waals surface area contributed by atoms with Gasteiger partial charge in [-0.25, -0.2) is 4.98 Å². The average Bonchev–Trinajstić information content (AvgIpc) is 3.43. The standard InChI is InChI=1S/C21H21N7OS/c1-15-13-30-21(23-15)28(17-5-3-2-4-6-17)20(29)16-9-11-26(12-10-16)19-8-7-18-24-22-14-27(18)25-19/h2-8,13-14,16H,9-12H2,1H3. The Morgan fingerprint density at radius 2 is 1.93 bits per heavy atom. The Labute approximate surface area is 177 Å². The number of fused-ring (bicyclic) bond motifs is 1. The van der Waals surface area contributed by atoms with Gasteiger partial charge in [0.05, 0.1) is 11.4 Å². The van der Waals surface area contributed by atoms with E-state index in [1.807, 2.05) is 54.8 Å². The van der Waals surface area contributed by atoms with E-state index in [1.165, 1.54) is 11.3 Å². The van der Waals surface area contributed by atoms with Crippen LogP contribution in [-0.4, -0.2) is 43.8 Å². The van der Waals surface area contributed by atoms with Gasteiger partial charge in [0, 0.05) is 24.4 Å². The van der Waals surface area contributed by atoms with Gasteiger partial charge in [-0.15, -0.1) is 26.6 Å². The van der Waals surface area contributed by atoms with Crippen molar-refractivity contribution in [3.05, 3.63) is 59.9 Å². The average molecular weight is 420 g/mol. The topological polar surface area (TPSA) is 79.5 Å². The number of carbonyl (C=O) groups excluding carboxylic acids is 1. The van der Waals surface area contributed by atoms with Gasteiger partial charge in [0.15, 0.2) is 10.8 Å². The van der Waals surface area contributed by atoms with Gasteiger partial charge in [0.25, 0.3) is 0 Å². The molecule has 0 radical (unpaired) electrons. The maximum absolute atomic E-state index is 13.5. The Morgan fingerprint density at radius 1 is 1.13 bits per heavy atom. The number of para-hydroxylation sites is 1. The van der Waals surface area contributed by atoms with Crippen molar-refractivity contribution >= 4 is 39.5 Å². The van der Waals surface area contributed by atoms with Crippen LogP contribution in [0.2, 0.25) is 0 Å². The highest BCUT2D eigenvalue weighted by Gasteiger charge is 2.32. The maximum Gasteiger partial charge on any atom is 0.236 e. The molecule has 4 aromatic rings. The van der Waals surface area contributed by atoms with Crippen LogP contribution in [0.5, 0.6) is 0 Å². The number of hydrogen-bond acceptors (Lipinski definition) is 7. The number of rotatable bonds is 4. The lowest BCUT2D eigenvalue weighted by atomic mass is 9.95. The van der Waals surface area contributed by atoms with Crippen molar-refractivity contribution in [3.63, 3.8) is 0 Å². The van der Waals surface area contributed by atoms with Gasteiger partial charge in [-0.2, -0.15) is 4.52 Å². The van der Waals surface area contributed by atoms with E-state index in [1.54, 1.807) is 15.7 Å². The van der Waals surface area contributed by atoms with Gasteiger partial charge >= 0.3 is 0 Å². The summed E-state index contributed by atoms with van der Waals surface area (Å²) in [6.07, 6.45) is 3.14. The van der Waals surface area contributed by atoms with Crippen molar-refractivity contribution in [2.75, 3.05) is 22.9 Å². The van der Waals surface area contributed by atoms with Crippen LogP contribution >= 0.6 is 11.3 Å². The molecule has 4 heterocycles. The lowest BCUT2D eigenvalue weighted by molar-refractivity contribution is -0.122. The minimum Gasteiger partial charge on any atom is -0.355 e. The van der Waals surface area contributed by atoms with Crippen LogP contribution in [0.1, 0.15) is 18.5 Å². The van der Waals surface area contributed by atoms with Crippen LogP contribution in [0.4, 0.5) is 16.6 Å². The second-order valence-electron chi connectivity index (χ2n) is 7.37.